The van der Waals surface area contributed by atoms with E-state index in [9.17, 15) is 5.11 Å². The molecule has 28 heavy (non-hydrogen) atoms. The van der Waals surface area contributed by atoms with Crippen LogP contribution in [0.3, 0.4) is 0 Å². The summed E-state index contributed by atoms with van der Waals surface area (Å²) in [6, 6.07) is 7.50. The molecule has 0 amide bonds. The van der Waals surface area contributed by atoms with Gasteiger partial charge in [-0.3, -0.25) is 4.57 Å². The fourth-order valence-corrected chi connectivity index (χ4v) is 2.85. The molecule has 0 fully saturated rings. The molecule has 0 saturated heterocycles. The maximum Gasteiger partial charge on any atom is 0.235 e. The number of hydrogen-bond donors (Lipinski definition) is 3. The van der Waals surface area contributed by atoms with Gasteiger partial charge < -0.3 is 20.5 Å². The lowest BCUT2D eigenvalue weighted by atomic mass is 10.2. The minimum Gasteiger partial charge on any atom is -0.504 e. The molecule has 2 aromatic heterocycles. The highest BCUT2D eigenvalue weighted by molar-refractivity contribution is 5.41. The molecule has 0 radical (unpaired) electrons. The van der Waals surface area contributed by atoms with E-state index < -0.39 is 0 Å². The Morgan fingerprint density at radius 3 is 2.79 bits per heavy atom. The van der Waals surface area contributed by atoms with E-state index in [1.807, 2.05) is 25.3 Å². The molecule has 148 valence electrons. The molecule has 1 unspecified atom stereocenters. The first-order valence-electron chi connectivity index (χ1n) is 9.20. The van der Waals surface area contributed by atoms with Crippen molar-refractivity contribution < 1.29 is 9.84 Å². The van der Waals surface area contributed by atoms with Crippen molar-refractivity contribution in [3.05, 3.63) is 59.9 Å². The molecular formula is C20H26N6O2. The molecule has 0 saturated carbocycles. The van der Waals surface area contributed by atoms with Crippen LogP contribution in [0.2, 0.25) is 0 Å². The van der Waals surface area contributed by atoms with Crippen LogP contribution in [-0.2, 0) is 6.54 Å². The summed E-state index contributed by atoms with van der Waals surface area (Å²) in [4.78, 5) is 13.2. The number of methoxy groups -OCH3 is 1. The van der Waals surface area contributed by atoms with Gasteiger partial charge in [-0.05, 0) is 37.6 Å². The van der Waals surface area contributed by atoms with Crippen molar-refractivity contribution >= 4 is 0 Å². The summed E-state index contributed by atoms with van der Waals surface area (Å²) in [5.74, 6) is 1.26. The molecule has 0 aliphatic heterocycles. The molecule has 8 nitrogen and oxygen atoms in total. The Balaban J connectivity index is 1.48. The number of imidazole rings is 1. The zero-order chi connectivity index (χ0) is 19.9. The molecule has 2 heterocycles. The highest BCUT2D eigenvalue weighted by atomic mass is 16.5. The minimum atomic E-state index is 0.0933. The van der Waals surface area contributed by atoms with Crippen molar-refractivity contribution in [2.24, 2.45) is 0 Å². The van der Waals surface area contributed by atoms with Gasteiger partial charge in [0.25, 0.3) is 0 Å². The first-order valence-corrected chi connectivity index (χ1v) is 9.20. The quantitative estimate of drug-likeness (QED) is 0.488. The third kappa shape index (κ3) is 5.05. The zero-order valence-electron chi connectivity index (χ0n) is 16.4. The van der Waals surface area contributed by atoms with Crippen LogP contribution in [0.5, 0.6) is 11.5 Å². The Bertz CT molecular complexity index is 898. The largest absolute Gasteiger partial charge is 0.504 e. The van der Waals surface area contributed by atoms with Gasteiger partial charge in [-0.25, -0.2) is 15.0 Å². The van der Waals surface area contributed by atoms with Crippen molar-refractivity contribution in [3.8, 4) is 17.4 Å². The number of phenolic OH excluding ortho intramolecular Hbond substituents is 1. The van der Waals surface area contributed by atoms with Crippen molar-refractivity contribution in [2.75, 3.05) is 20.2 Å². The number of aryl methyl sites for hydroxylation is 1. The van der Waals surface area contributed by atoms with Crippen molar-refractivity contribution in [1.82, 2.24) is 30.2 Å². The Hall–Kier alpha value is -2.97. The first-order chi connectivity index (χ1) is 13.6. The standard InChI is InChI=1S/C20H26N6O2/c1-14-10-17(25-20(24-14)26-9-8-22-13-26)15(2)23-7-6-21-12-16-4-5-19(28-3)18(27)11-16/h4-5,8-11,13,15,21,23,27H,6-7,12H2,1-3H3. The van der Waals surface area contributed by atoms with Gasteiger partial charge >= 0.3 is 0 Å². The number of nitrogens with zero attached hydrogens (tertiary/aromatic N) is 4. The number of ether oxygens (including phenoxy) is 1. The van der Waals surface area contributed by atoms with Crippen molar-refractivity contribution in [3.63, 3.8) is 0 Å². The highest BCUT2D eigenvalue weighted by Gasteiger charge is 2.10. The van der Waals surface area contributed by atoms with Crippen LogP contribution in [0.15, 0.2) is 43.0 Å². The van der Waals surface area contributed by atoms with E-state index in [2.05, 4.69) is 32.5 Å². The topological polar surface area (TPSA) is 97.1 Å². The van der Waals surface area contributed by atoms with Crippen LogP contribution in [0.25, 0.3) is 5.95 Å². The Kier molecular flexibility index (Phi) is 6.57. The van der Waals surface area contributed by atoms with Gasteiger partial charge in [0.15, 0.2) is 11.5 Å². The number of phenols is 1. The van der Waals surface area contributed by atoms with Crippen molar-refractivity contribution in [2.45, 2.75) is 26.4 Å². The minimum absolute atomic E-state index is 0.0933. The van der Waals surface area contributed by atoms with E-state index in [4.69, 9.17) is 4.74 Å². The summed E-state index contributed by atoms with van der Waals surface area (Å²) in [5, 5.41) is 16.6. The predicted molar refractivity (Wildman–Crippen MR) is 107 cm³/mol. The van der Waals surface area contributed by atoms with Crippen molar-refractivity contribution in [1.29, 1.82) is 0 Å². The molecule has 0 bridgehead atoms. The number of hydrogen-bond acceptors (Lipinski definition) is 7. The highest BCUT2D eigenvalue weighted by Crippen LogP contribution is 2.26. The second kappa shape index (κ2) is 9.29. The summed E-state index contributed by atoms with van der Waals surface area (Å²) in [6.45, 7) is 6.29. The molecule has 3 rings (SSSR count). The van der Waals surface area contributed by atoms with Gasteiger partial charge in [-0.15, -0.1) is 0 Å². The van der Waals surface area contributed by atoms with E-state index in [0.717, 1.165) is 30.0 Å². The third-order valence-electron chi connectivity index (χ3n) is 4.37. The molecular weight excluding hydrogens is 356 g/mol. The van der Waals surface area contributed by atoms with E-state index in [1.165, 1.54) is 7.11 Å². The summed E-state index contributed by atoms with van der Waals surface area (Å²) < 4.78 is 6.86. The number of aromatic hydroxyl groups is 1. The van der Waals surface area contributed by atoms with Gasteiger partial charge in [0.1, 0.15) is 6.33 Å². The maximum atomic E-state index is 9.82. The molecule has 3 aromatic rings. The molecule has 1 aromatic carbocycles. The average molecular weight is 382 g/mol. The predicted octanol–water partition coefficient (Wildman–Crippen LogP) is 2.13. The average Bonchev–Trinajstić information content (AvgIpc) is 3.22. The number of benzene rings is 1. The monoisotopic (exact) mass is 382 g/mol. The van der Waals surface area contributed by atoms with E-state index in [1.54, 1.807) is 29.2 Å². The number of nitrogens with one attached hydrogen (secondary N) is 2. The molecule has 0 spiro atoms. The summed E-state index contributed by atoms with van der Waals surface area (Å²) >= 11 is 0. The van der Waals surface area contributed by atoms with E-state index >= 15 is 0 Å². The number of rotatable bonds is 9. The Labute approximate surface area is 164 Å². The maximum absolute atomic E-state index is 9.82. The normalized spacial score (nSPS) is 12.1. The van der Waals surface area contributed by atoms with Crippen LogP contribution < -0.4 is 15.4 Å². The Morgan fingerprint density at radius 2 is 2.07 bits per heavy atom. The van der Waals surface area contributed by atoms with Crippen LogP contribution in [0.4, 0.5) is 0 Å². The fourth-order valence-electron chi connectivity index (χ4n) is 2.85. The van der Waals surface area contributed by atoms with E-state index in [0.29, 0.717) is 18.2 Å². The molecule has 0 aliphatic carbocycles. The molecule has 8 heteroatoms. The summed E-state index contributed by atoms with van der Waals surface area (Å²) in [7, 11) is 1.54. The third-order valence-corrected chi connectivity index (χ3v) is 4.37. The van der Waals surface area contributed by atoms with E-state index in [-0.39, 0.29) is 11.8 Å². The summed E-state index contributed by atoms with van der Waals surface area (Å²) in [5.41, 5.74) is 2.86. The molecule has 3 N–H and O–H groups in total. The lowest BCUT2D eigenvalue weighted by Crippen LogP contribution is -2.29. The van der Waals surface area contributed by atoms with Crippen LogP contribution in [0.1, 0.15) is 29.9 Å². The first kappa shape index (κ1) is 19.8. The van der Waals surface area contributed by atoms with Gasteiger partial charge in [-0.1, -0.05) is 6.07 Å². The number of aromatic nitrogens is 4. The van der Waals surface area contributed by atoms with Gasteiger partial charge in [0, 0.05) is 43.8 Å². The van der Waals surface area contributed by atoms with Crippen LogP contribution in [-0.4, -0.2) is 44.8 Å². The van der Waals surface area contributed by atoms with Gasteiger partial charge in [-0.2, -0.15) is 0 Å². The lowest BCUT2D eigenvalue weighted by molar-refractivity contribution is 0.373. The summed E-state index contributed by atoms with van der Waals surface area (Å²) in [6.07, 6.45) is 5.23. The van der Waals surface area contributed by atoms with Crippen LogP contribution >= 0.6 is 0 Å². The Morgan fingerprint density at radius 1 is 1.21 bits per heavy atom. The van der Waals surface area contributed by atoms with Gasteiger partial charge in [0.05, 0.1) is 12.8 Å². The lowest BCUT2D eigenvalue weighted by Gasteiger charge is -2.15. The molecule has 1 atom stereocenters. The zero-order valence-corrected chi connectivity index (χ0v) is 16.4. The SMILES string of the molecule is COc1ccc(CNCCNC(C)c2cc(C)nc(-n3ccnc3)n2)cc1O. The second-order valence-corrected chi connectivity index (χ2v) is 6.56. The second-order valence-electron chi connectivity index (χ2n) is 6.56. The molecule has 0 aliphatic rings. The van der Waals surface area contributed by atoms with Gasteiger partial charge in [0.2, 0.25) is 5.95 Å². The fraction of sp³-hybridized carbons (Fsp3) is 0.350. The van der Waals surface area contributed by atoms with Crippen LogP contribution in [0, 0.1) is 6.92 Å². The smallest absolute Gasteiger partial charge is 0.235 e.